The molecule has 0 unspecified atom stereocenters. The van der Waals surface area contributed by atoms with Crippen LogP contribution >= 0.6 is 0 Å². The second-order valence-electron chi connectivity index (χ2n) is 5.39. The van der Waals surface area contributed by atoms with E-state index >= 15 is 0 Å². The van der Waals surface area contributed by atoms with Crippen LogP contribution < -0.4 is 10.5 Å². The third kappa shape index (κ3) is 3.50. The second kappa shape index (κ2) is 6.11. The first-order valence-electron chi connectivity index (χ1n) is 6.84. The van der Waals surface area contributed by atoms with Crippen molar-refractivity contribution in [2.45, 2.75) is 31.6 Å². The lowest BCUT2D eigenvalue weighted by atomic mass is 10.0. The number of rotatable bonds is 4. The van der Waals surface area contributed by atoms with Gasteiger partial charge in [0.1, 0.15) is 0 Å². The normalized spacial score (nSPS) is 17.3. The van der Waals surface area contributed by atoms with E-state index in [0.717, 1.165) is 12.8 Å². The van der Waals surface area contributed by atoms with Crippen molar-refractivity contribution in [3.8, 4) is 0 Å². The number of ether oxygens (including phenoxy) is 1. The standard InChI is InChI=1S/C14H22N2O3S/c1-10-7-13(15)8-11(2)14(10)20(17,18)16-9-12-3-5-19-6-4-12/h7-8,12,16H,3-6,9,15H2,1-2H3. The molecule has 0 aromatic heterocycles. The van der Waals surface area contributed by atoms with Crippen LogP contribution in [0.15, 0.2) is 17.0 Å². The van der Waals surface area contributed by atoms with Crippen LogP contribution in [0.1, 0.15) is 24.0 Å². The summed E-state index contributed by atoms with van der Waals surface area (Å²) in [6.07, 6.45) is 1.81. The smallest absolute Gasteiger partial charge is 0.241 e. The summed E-state index contributed by atoms with van der Waals surface area (Å²) in [4.78, 5) is 0.346. The Morgan fingerprint density at radius 2 is 1.80 bits per heavy atom. The summed E-state index contributed by atoms with van der Waals surface area (Å²) in [5, 5.41) is 0. The van der Waals surface area contributed by atoms with Crippen molar-refractivity contribution in [1.82, 2.24) is 4.72 Å². The molecule has 0 saturated carbocycles. The first-order chi connectivity index (χ1) is 9.40. The van der Waals surface area contributed by atoms with Gasteiger partial charge in [-0.1, -0.05) is 0 Å². The Kier molecular flexibility index (Phi) is 4.67. The van der Waals surface area contributed by atoms with Crippen molar-refractivity contribution >= 4 is 15.7 Å². The van der Waals surface area contributed by atoms with Gasteiger partial charge in [0.05, 0.1) is 4.90 Å². The molecule has 1 saturated heterocycles. The zero-order chi connectivity index (χ0) is 14.8. The molecule has 0 bridgehead atoms. The maximum absolute atomic E-state index is 12.4. The van der Waals surface area contributed by atoms with Crippen molar-refractivity contribution in [3.05, 3.63) is 23.3 Å². The first kappa shape index (κ1) is 15.3. The van der Waals surface area contributed by atoms with Gasteiger partial charge in [-0.15, -0.1) is 0 Å². The molecule has 5 nitrogen and oxygen atoms in total. The highest BCUT2D eigenvalue weighted by Gasteiger charge is 2.22. The Hall–Kier alpha value is -1.11. The van der Waals surface area contributed by atoms with Crippen LogP contribution in [0.2, 0.25) is 0 Å². The number of anilines is 1. The Morgan fingerprint density at radius 3 is 2.35 bits per heavy atom. The van der Waals surface area contributed by atoms with Crippen LogP contribution in [0.5, 0.6) is 0 Å². The van der Waals surface area contributed by atoms with Gasteiger partial charge in [0.25, 0.3) is 0 Å². The van der Waals surface area contributed by atoms with Gasteiger partial charge in [-0.25, -0.2) is 13.1 Å². The van der Waals surface area contributed by atoms with Gasteiger partial charge >= 0.3 is 0 Å². The fourth-order valence-corrected chi connectivity index (χ4v) is 4.22. The summed E-state index contributed by atoms with van der Waals surface area (Å²) in [5.41, 5.74) is 7.68. The SMILES string of the molecule is Cc1cc(N)cc(C)c1S(=O)(=O)NCC1CCOCC1. The van der Waals surface area contributed by atoms with Crippen molar-refractivity contribution in [3.63, 3.8) is 0 Å². The molecule has 0 atom stereocenters. The van der Waals surface area contributed by atoms with Gasteiger partial charge < -0.3 is 10.5 Å². The van der Waals surface area contributed by atoms with Crippen molar-refractivity contribution in [2.75, 3.05) is 25.5 Å². The molecule has 1 aliphatic heterocycles. The predicted molar refractivity (Wildman–Crippen MR) is 79.1 cm³/mol. The Balaban J connectivity index is 2.14. The molecule has 0 amide bonds. The maximum atomic E-state index is 12.4. The van der Waals surface area contributed by atoms with E-state index in [9.17, 15) is 8.42 Å². The summed E-state index contributed by atoms with van der Waals surface area (Å²) in [6, 6.07) is 3.38. The van der Waals surface area contributed by atoms with Gasteiger partial charge in [0, 0.05) is 25.4 Å². The summed E-state index contributed by atoms with van der Waals surface area (Å²) >= 11 is 0. The summed E-state index contributed by atoms with van der Waals surface area (Å²) in [5.74, 6) is 0.355. The van der Waals surface area contributed by atoms with E-state index in [2.05, 4.69) is 4.72 Å². The number of aryl methyl sites for hydroxylation is 2. The average molecular weight is 298 g/mol. The van der Waals surface area contributed by atoms with Crippen molar-refractivity contribution in [1.29, 1.82) is 0 Å². The average Bonchev–Trinajstić information content (AvgIpc) is 2.36. The lowest BCUT2D eigenvalue weighted by molar-refractivity contribution is 0.0678. The Morgan fingerprint density at radius 1 is 1.25 bits per heavy atom. The zero-order valence-electron chi connectivity index (χ0n) is 12.0. The topological polar surface area (TPSA) is 81.4 Å². The van der Waals surface area contributed by atoms with Crippen LogP contribution in [0, 0.1) is 19.8 Å². The molecule has 1 heterocycles. The van der Waals surface area contributed by atoms with Crippen LogP contribution in [0.25, 0.3) is 0 Å². The minimum Gasteiger partial charge on any atom is -0.399 e. The van der Waals surface area contributed by atoms with Gasteiger partial charge in [0.15, 0.2) is 0 Å². The van der Waals surface area contributed by atoms with Crippen LogP contribution in [-0.4, -0.2) is 28.2 Å². The van der Waals surface area contributed by atoms with E-state index in [-0.39, 0.29) is 0 Å². The van der Waals surface area contributed by atoms with Crippen molar-refractivity contribution in [2.24, 2.45) is 5.92 Å². The molecule has 1 aromatic rings. The molecule has 1 aliphatic rings. The van der Waals surface area contributed by atoms with Crippen LogP contribution in [0.3, 0.4) is 0 Å². The largest absolute Gasteiger partial charge is 0.399 e. The molecule has 6 heteroatoms. The molecule has 0 radical (unpaired) electrons. The number of nitrogens with one attached hydrogen (secondary N) is 1. The van der Waals surface area contributed by atoms with Crippen LogP contribution in [-0.2, 0) is 14.8 Å². The highest BCUT2D eigenvalue weighted by atomic mass is 32.2. The van der Waals surface area contributed by atoms with E-state index < -0.39 is 10.0 Å². The molecular formula is C14H22N2O3S. The number of hydrogen-bond donors (Lipinski definition) is 2. The number of nitrogens with two attached hydrogens (primary N) is 1. The van der Waals surface area contributed by atoms with E-state index in [1.165, 1.54) is 0 Å². The van der Waals surface area contributed by atoms with E-state index in [0.29, 0.717) is 47.4 Å². The molecule has 0 spiro atoms. The molecule has 3 N–H and O–H groups in total. The molecule has 0 aliphatic carbocycles. The molecule has 20 heavy (non-hydrogen) atoms. The van der Waals surface area contributed by atoms with Gasteiger partial charge in [0.2, 0.25) is 10.0 Å². The second-order valence-corrected chi connectivity index (χ2v) is 7.10. The number of benzene rings is 1. The Labute approximate surface area is 120 Å². The van der Waals surface area contributed by atoms with Gasteiger partial charge in [-0.2, -0.15) is 0 Å². The van der Waals surface area contributed by atoms with Gasteiger partial charge in [-0.3, -0.25) is 0 Å². The zero-order valence-corrected chi connectivity index (χ0v) is 12.8. The predicted octanol–water partition coefficient (Wildman–Crippen LogP) is 1.59. The number of hydrogen-bond acceptors (Lipinski definition) is 4. The lowest BCUT2D eigenvalue weighted by Crippen LogP contribution is -2.33. The quantitative estimate of drug-likeness (QED) is 0.827. The van der Waals surface area contributed by atoms with E-state index in [4.69, 9.17) is 10.5 Å². The fraction of sp³-hybridized carbons (Fsp3) is 0.571. The first-order valence-corrected chi connectivity index (χ1v) is 8.32. The number of sulfonamides is 1. The third-order valence-electron chi connectivity index (χ3n) is 3.65. The minimum absolute atomic E-state index is 0.346. The van der Waals surface area contributed by atoms with Gasteiger partial charge in [-0.05, 0) is 55.9 Å². The monoisotopic (exact) mass is 298 g/mol. The van der Waals surface area contributed by atoms with Crippen LogP contribution in [0.4, 0.5) is 5.69 Å². The molecular weight excluding hydrogens is 276 g/mol. The number of nitrogen functional groups attached to an aromatic ring is 1. The van der Waals surface area contributed by atoms with Crippen molar-refractivity contribution < 1.29 is 13.2 Å². The highest BCUT2D eigenvalue weighted by molar-refractivity contribution is 7.89. The Bertz CT molecular complexity index is 555. The highest BCUT2D eigenvalue weighted by Crippen LogP contribution is 2.23. The third-order valence-corrected chi connectivity index (χ3v) is 5.38. The summed E-state index contributed by atoms with van der Waals surface area (Å²) in [6.45, 7) is 5.44. The molecule has 1 fully saturated rings. The molecule has 1 aromatic carbocycles. The maximum Gasteiger partial charge on any atom is 0.241 e. The minimum atomic E-state index is -3.48. The lowest BCUT2D eigenvalue weighted by Gasteiger charge is -2.22. The fourth-order valence-electron chi connectivity index (χ4n) is 2.66. The van der Waals surface area contributed by atoms with E-state index in [1.54, 1.807) is 26.0 Å². The van der Waals surface area contributed by atoms with E-state index in [1.807, 2.05) is 0 Å². The molecule has 112 valence electrons. The summed E-state index contributed by atoms with van der Waals surface area (Å²) in [7, 11) is -3.48. The summed E-state index contributed by atoms with van der Waals surface area (Å²) < 4.78 is 32.9. The molecule has 2 rings (SSSR count).